The van der Waals surface area contributed by atoms with Crippen molar-refractivity contribution in [2.75, 3.05) is 19.7 Å². The molecule has 33 heavy (non-hydrogen) atoms. The van der Waals surface area contributed by atoms with E-state index >= 15 is 0 Å². The van der Waals surface area contributed by atoms with Crippen molar-refractivity contribution in [1.29, 1.82) is 0 Å². The van der Waals surface area contributed by atoms with Gasteiger partial charge in [-0.1, -0.05) is 42.5 Å². The van der Waals surface area contributed by atoms with Crippen molar-refractivity contribution in [2.24, 2.45) is 0 Å². The first-order chi connectivity index (χ1) is 15.9. The second-order valence-electron chi connectivity index (χ2n) is 8.37. The van der Waals surface area contributed by atoms with Gasteiger partial charge in [0.2, 0.25) is 0 Å². The molecule has 5 heteroatoms. The smallest absolute Gasteiger partial charge is 0.120 e. The fourth-order valence-corrected chi connectivity index (χ4v) is 4.52. The minimum absolute atomic E-state index is 0. The summed E-state index contributed by atoms with van der Waals surface area (Å²) in [5.41, 5.74) is 6.78. The molecule has 0 unspecified atom stereocenters. The van der Waals surface area contributed by atoms with Crippen LogP contribution in [0.4, 0.5) is 0 Å². The van der Waals surface area contributed by atoms with Gasteiger partial charge in [0.25, 0.3) is 0 Å². The minimum Gasteiger partial charge on any atom is -0.494 e. The molecule has 2 heterocycles. The number of hydrogen-bond acceptors (Lipinski definition) is 3. The summed E-state index contributed by atoms with van der Waals surface area (Å²) < 4.78 is 11.9. The van der Waals surface area contributed by atoms with Gasteiger partial charge in [-0.3, -0.25) is 0 Å². The molecular weight excluding hydrogens is 432 g/mol. The number of ether oxygens (including phenoxy) is 2. The van der Waals surface area contributed by atoms with E-state index in [0.717, 1.165) is 50.3 Å². The molecule has 172 valence electrons. The molecule has 0 spiro atoms. The van der Waals surface area contributed by atoms with Crippen molar-refractivity contribution in [3.8, 4) is 11.5 Å². The molecule has 2 N–H and O–H groups in total. The van der Waals surface area contributed by atoms with Crippen LogP contribution in [0.3, 0.4) is 0 Å². The predicted molar refractivity (Wildman–Crippen MR) is 137 cm³/mol. The number of fused-ring (bicyclic) bond motifs is 3. The Hall–Kier alpha value is -2.95. The van der Waals surface area contributed by atoms with Gasteiger partial charge in [0.15, 0.2) is 0 Å². The lowest BCUT2D eigenvalue weighted by Gasteiger charge is -2.10. The Balaban J connectivity index is 0.00000259. The first-order valence-electron chi connectivity index (χ1n) is 11.6. The van der Waals surface area contributed by atoms with Gasteiger partial charge >= 0.3 is 0 Å². The predicted octanol–water partition coefficient (Wildman–Crippen LogP) is 5.87. The van der Waals surface area contributed by atoms with Gasteiger partial charge < -0.3 is 19.8 Å². The minimum atomic E-state index is 0. The second kappa shape index (κ2) is 11.3. The highest BCUT2D eigenvalue weighted by Crippen LogP contribution is 2.29. The van der Waals surface area contributed by atoms with Gasteiger partial charge in [-0.15, -0.1) is 12.4 Å². The second-order valence-corrected chi connectivity index (χ2v) is 8.37. The Morgan fingerprint density at radius 2 is 1.52 bits per heavy atom. The standard InChI is InChI=1S/C28H30N2O2.ClH/c1-2-6-21(7-3-1)20-32-24-13-11-23(12-14-24)31-19-5-9-22-8-4-10-27-28(22)25-15-17-29-18-16-26(25)30-27;/h1-4,6-8,10-14,29-30H,5,9,15-20H2;1H. The number of aryl methyl sites for hydroxylation is 1. The molecule has 3 aromatic carbocycles. The molecule has 0 saturated heterocycles. The lowest BCUT2D eigenvalue weighted by atomic mass is 9.99. The van der Waals surface area contributed by atoms with E-state index in [1.54, 1.807) is 0 Å². The van der Waals surface area contributed by atoms with Gasteiger partial charge in [-0.05, 0) is 72.8 Å². The van der Waals surface area contributed by atoms with Crippen molar-refractivity contribution >= 4 is 23.3 Å². The zero-order valence-electron chi connectivity index (χ0n) is 18.8. The SMILES string of the molecule is Cl.c1ccc(COc2ccc(OCCCc3cccc4[nH]c5c(c34)CCNCC5)cc2)cc1. The van der Waals surface area contributed by atoms with Gasteiger partial charge in [0, 0.05) is 29.6 Å². The lowest BCUT2D eigenvalue weighted by molar-refractivity contribution is 0.299. The van der Waals surface area contributed by atoms with E-state index in [2.05, 4.69) is 40.6 Å². The van der Waals surface area contributed by atoms with Crippen molar-refractivity contribution < 1.29 is 9.47 Å². The number of H-pyrrole nitrogens is 1. The molecule has 0 radical (unpaired) electrons. The molecule has 4 nitrogen and oxygen atoms in total. The number of benzene rings is 3. The van der Waals surface area contributed by atoms with Crippen molar-refractivity contribution in [3.63, 3.8) is 0 Å². The third-order valence-electron chi connectivity index (χ3n) is 6.14. The number of rotatable bonds is 8. The summed E-state index contributed by atoms with van der Waals surface area (Å²) in [5.74, 6) is 1.74. The topological polar surface area (TPSA) is 46.3 Å². The number of aromatic nitrogens is 1. The van der Waals surface area contributed by atoms with Crippen molar-refractivity contribution in [2.45, 2.75) is 32.3 Å². The van der Waals surface area contributed by atoms with E-state index < -0.39 is 0 Å². The molecule has 0 aliphatic carbocycles. The van der Waals surface area contributed by atoms with Crippen molar-refractivity contribution in [1.82, 2.24) is 10.3 Å². The Morgan fingerprint density at radius 1 is 0.758 bits per heavy atom. The average molecular weight is 463 g/mol. The first-order valence-corrected chi connectivity index (χ1v) is 11.6. The Labute approximate surface area is 201 Å². The fraction of sp³-hybridized carbons (Fsp3) is 0.286. The van der Waals surface area contributed by atoms with Crippen LogP contribution in [-0.2, 0) is 25.9 Å². The van der Waals surface area contributed by atoms with E-state index in [4.69, 9.17) is 9.47 Å². The van der Waals surface area contributed by atoms with Gasteiger partial charge in [-0.25, -0.2) is 0 Å². The van der Waals surface area contributed by atoms with Crippen LogP contribution in [0.1, 0.15) is 28.8 Å². The third-order valence-corrected chi connectivity index (χ3v) is 6.14. The van der Waals surface area contributed by atoms with Crippen LogP contribution in [0.5, 0.6) is 11.5 Å². The maximum Gasteiger partial charge on any atom is 0.120 e. The van der Waals surface area contributed by atoms with Crippen LogP contribution in [-0.4, -0.2) is 24.7 Å². The van der Waals surface area contributed by atoms with Crippen LogP contribution < -0.4 is 14.8 Å². The zero-order chi connectivity index (χ0) is 21.6. The highest BCUT2D eigenvalue weighted by molar-refractivity contribution is 5.88. The summed E-state index contributed by atoms with van der Waals surface area (Å²) in [6, 6.07) is 24.8. The number of aromatic amines is 1. The molecular formula is C28H31ClN2O2. The lowest BCUT2D eigenvalue weighted by Crippen LogP contribution is -2.16. The Kier molecular flexibility index (Phi) is 7.92. The Bertz CT molecular complexity index is 1160. The molecule has 0 fully saturated rings. The summed E-state index contributed by atoms with van der Waals surface area (Å²) in [4.78, 5) is 3.66. The number of nitrogens with one attached hydrogen (secondary N) is 2. The van der Waals surface area contributed by atoms with Gasteiger partial charge in [-0.2, -0.15) is 0 Å². The molecule has 1 aromatic heterocycles. The van der Waals surface area contributed by atoms with Gasteiger partial charge in [0.05, 0.1) is 6.61 Å². The molecule has 4 aromatic rings. The zero-order valence-corrected chi connectivity index (χ0v) is 19.6. The summed E-state index contributed by atoms with van der Waals surface area (Å²) in [6.07, 6.45) is 4.19. The fourth-order valence-electron chi connectivity index (χ4n) is 4.52. The van der Waals surface area contributed by atoms with E-state index in [0.29, 0.717) is 13.2 Å². The molecule has 1 aliphatic rings. The molecule has 0 saturated carbocycles. The van der Waals surface area contributed by atoms with Crippen LogP contribution >= 0.6 is 12.4 Å². The molecule has 0 amide bonds. The number of hydrogen-bond donors (Lipinski definition) is 2. The quantitative estimate of drug-likeness (QED) is 0.322. The van der Waals surface area contributed by atoms with Crippen LogP contribution in [0.15, 0.2) is 72.8 Å². The highest BCUT2D eigenvalue weighted by Gasteiger charge is 2.16. The third kappa shape index (κ3) is 5.70. The van der Waals surface area contributed by atoms with E-state index in [-0.39, 0.29) is 12.4 Å². The number of halogens is 1. The van der Waals surface area contributed by atoms with E-state index in [1.165, 1.54) is 33.3 Å². The van der Waals surface area contributed by atoms with Crippen LogP contribution in [0.25, 0.3) is 10.9 Å². The van der Waals surface area contributed by atoms with Gasteiger partial charge in [0.1, 0.15) is 18.1 Å². The molecule has 5 rings (SSSR count). The van der Waals surface area contributed by atoms with Crippen molar-refractivity contribution in [3.05, 3.63) is 95.2 Å². The highest BCUT2D eigenvalue weighted by atomic mass is 35.5. The molecule has 0 atom stereocenters. The largest absolute Gasteiger partial charge is 0.494 e. The monoisotopic (exact) mass is 462 g/mol. The van der Waals surface area contributed by atoms with E-state index in [1.807, 2.05) is 42.5 Å². The molecule has 0 bridgehead atoms. The first kappa shape index (κ1) is 23.2. The summed E-state index contributed by atoms with van der Waals surface area (Å²) in [5, 5.41) is 4.94. The summed E-state index contributed by atoms with van der Waals surface area (Å²) >= 11 is 0. The maximum absolute atomic E-state index is 6.00. The average Bonchev–Trinajstić information content (AvgIpc) is 3.04. The summed E-state index contributed by atoms with van der Waals surface area (Å²) in [6.45, 7) is 3.39. The Morgan fingerprint density at radius 3 is 2.33 bits per heavy atom. The maximum atomic E-state index is 6.00. The molecule has 1 aliphatic heterocycles. The summed E-state index contributed by atoms with van der Waals surface area (Å²) in [7, 11) is 0. The normalized spacial score (nSPS) is 13.1. The van der Waals surface area contributed by atoms with Crippen LogP contribution in [0, 0.1) is 0 Å². The van der Waals surface area contributed by atoms with E-state index in [9.17, 15) is 0 Å². The van der Waals surface area contributed by atoms with Crippen LogP contribution in [0.2, 0.25) is 0 Å².